The third-order valence-corrected chi connectivity index (χ3v) is 6.45. The number of allylic oxidation sites excluding steroid dienone is 3. The van der Waals surface area contributed by atoms with Crippen LogP contribution in [0.3, 0.4) is 0 Å². The number of ether oxygens (including phenoxy) is 1. The minimum atomic E-state index is 0. The topological polar surface area (TPSA) is 41.7 Å². The Labute approximate surface area is 190 Å². The van der Waals surface area contributed by atoms with E-state index in [0.717, 1.165) is 51.3 Å². The van der Waals surface area contributed by atoms with Crippen molar-refractivity contribution in [3.05, 3.63) is 64.6 Å². The van der Waals surface area contributed by atoms with Gasteiger partial charge < -0.3 is 15.4 Å². The molecule has 2 N–H and O–H groups in total. The number of hydrogen-bond donors (Lipinski definition) is 1. The summed E-state index contributed by atoms with van der Waals surface area (Å²) in [5, 5.41) is 0. The fourth-order valence-corrected chi connectivity index (χ4v) is 5.03. The standard InChI is InChI=1S/C25H35N3O.C2H6.H2/c1-19-9-4-5-12-24(19)28-20(2)21(13-14-26)22-10-8-11-23(22)25(28)27-15-6-3-7-17-29-18-16-27;1-2;/h4-5,9,12H,2-3,6-8,10-11,13-18,26H2,1H3;1-2H3;1H. The molecular formula is C27H43N3O. The van der Waals surface area contributed by atoms with Crippen LogP contribution in [-0.2, 0) is 4.74 Å². The number of para-hydroxylation sites is 1. The molecule has 4 nitrogen and oxygen atoms in total. The Bertz CT molecular complexity index is 820. The molecule has 2 aliphatic heterocycles. The van der Waals surface area contributed by atoms with Crippen LogP contribution in [0, 0.1) is 6.92 Å². The molecule has 1 aromatic rings. The van der Waals surface area contributed by atoms with Gasteiger partial charge in [-0.25, -0.2) is 0 Å². The van der Waals surface area contributed by atoms with Gasteiger partial charge in [0.05, 0.1) is 12.3 Å². The molecule has 31 heavy (non-hydrogen) atoms. The lowest BCUT2D eigenvalue weighted by Crippen LogP contribution is -2.41. The number of nitrogens with two attached hydrogens (primary N) is 1. The molecule has 4 heteroatoms. The second-order valence-electron chi connectivity index (χ2n) is 8.38. The smallest absolute Gasteiger partial charge is 0.117 e. The van der Waals surface area contributed by atoms with E-state index in [9.17, 15) is 0 Å². The van der Waals surface area contributed by atoms with Gasteiger partial charge in [-0.2, -0.15) is 0 Å². The van der Waals surface area contributed by atoms with Crippen molar-refractivity contribution in [3.63, 3.8) is 0 Å². The lowest BCUT2D eigenvalue weighted by atomic mass is 9.92. The van der Waals surface area contributed by atoms with Gasteiger partial charge in [-0.3, -0.25) is 4.90 Å². The van der Waals surface area contributed by atoms with E-state index >= 15 is 0 Å². The molecule has 1 aliphatic carbocycles. The fraction of sp³-hybridized carbons (Fsp3) is 0.556. The van der Waals surface area contributed by atoms with E-state index in [1.54, 1.807) is 0 Å². The molecular weight excluding hydrogens is 382 g/mol. The fourth-order valence-electron chi connectivity index (χ4n) is 5.03. The summed E-state index contributed by atoms with van der Waals surface area (Å²) in [6, 6.07) is 8.68. The van der Waals surface area contributed by atoms with Crippen LogP contribution in [0.15, 0.2) is 59.1 Å². The summed E-state index contributed by atoms with van der Waals surface area (Å²) >= 11 is 0. The van der Waals surface area contributed by atoms with E-state index < -0.39 is 0 Å². The van der Waals surface area contributed by atoms with Crippen LogP contribution >= 0.6 is 0 Å². The van der Waals surface area contributed by atoms with Crippen molar-refractivity contribution in [2.24, 2.45) is 5.73 Å². The van der Waals surface area contributed by atoms with Crippen LogP contribution in [0.25, 0.3) is 0 Å². The molecule has 0 bridgehead atoms. The Balaban J connectivity index is 0.00000118. The van der Waals surface area contributed by atoms with Crippen LogP contribution in [0.2, 0.25) is 0 Å². The molecule has 3 aliphatic rings. The highest BCUT2D eigenvalue weighted by Crippen LogP contribution is 2.47. The molecule has 0 amide bonds. The van der Waals surface area contributed by atoms with Crippen LogP contribution in [-0.4, -0.2) is 37.7 Å². The zero-order chi connectivity index (χ0) is 22.2. The Hall–Kier alpha value is -2.04. The van der Waals surface area contributed by atoms with Crippen molar-refractivity contribution in [2.75, 3.05) is 37.7 Å². The van der Waals surface area contributed by atoms with Crippen LogP contribution < -0.4 is 10.6 Å². The van der Waals surface area contributed by atoms with E-state index in [0.29, 0.717) is 6.54 Å². The lowest BCUT2D eigenvalue weighted by Gasteiger charge is -2.43. The largest absolute Gasteiger partial charge is 0.380 e. The van der Waals surface area contributed by atoms with Crippen molar-refractivity contribution in [3.8, 4) is 0 Å². The molecule has 1 aromatic carbocycles. The minimum absolute atomic E-state index is 0. The van der Waals surface area contributed by atoms with E-state index in [1.165, 1.54) is 59.5 Å². The molecule has 0 unspecified atom stereocenters. The highest BCUT2D eigenvalue weighted by atomic mass is 16.5. The van der Waals surface area contributed by atoms with E-state index in [4.69, 9.17) is 10.5 Å². The Morgan fingerprint density at radius 1 is 1.00 bits per heavy atom. The predicted molar refractivity (Wildman–Crippen MR) is 134 cm³/mol. The predicted octanol–water partition coefficient (Wildman–Crippen LogP) is 6.14. The first-order valence-corrected chi connectivity index (χ1v) is 12.3. The van der Waals surface area contributed by atoms with Crippen LogP contribution in [0.1, 0.15) is 65.8 Å². The maximum Gasteiger partial charge on any atom is 0.117 e. The maximum atomic E-state index is 6.01. The highest BCUT2D eigenvalue weighted by Gasteiger charge is 2.35. The van der Waals surface area contributed by atoms with Crippen LogP contribution in [0.5, 0.6) is 0 Å². The number of benzene rings is 1. The monoisotopic (exact) mass is 425 g/mol. The number of anilines is 1. The summed E-state index contributed by atoms with van der Waals surface area (Å²) in [5.41, 5.74) is 14.0. The second-order valence-corrected chi connectivity index (χ2v) is 8.38. The van der Waals surface area contributed by atoms with Gasteiger partial charge in [-0.05, 0) is 86.8 Å². The van der Waals surface area contributed by atoms with Gasteiger partial charge in [0.25, 0.3) is 0 Å². The molecule has 1 saturated heterocycles. The van der Waals surface area contributed by atoms with Crippen molar-refractivity contribution in [2.45, 2.75) is 65.7 Å². The first-order chi connectivity index (χ1) is 15.2. The summed E-state index contributed by atoms with van der Waals surface area (Å²) in [5.74, 6) is 1.35. The number of nitrogens with zero attached hydrogens (tertiary/aromatic N) is 2. The molecule has 2 fully saturated rings. The minimum Gasteiger partial charge on any atom is -0.380 e. The number of fused-ring (bicyclic) bond motifs is 1. The Morgan fingerprint density at radius 3 is 2.55 bits per heavy atom. The van der Waals surface area contributed by atoms with Gasteiger partial charge in [0.1, 0.15) is 5.82 Å². The average molecular weight is 426 g/mol. The molecule has 2 heterocycles. The molecule has 172 valence electrons. The third-order valence-electron chi connectivity index (χ3n) is 6.45. The molecule has 0 spiro atoms. The number of aryl methyl sites for hydroxylation is 1. The summed E-state index contributed by atoms with van der Waals surface area (Å²) in [4.78, 5) is 5.01. The Kier molecular flexibility index (Phi) is 8.79. The van der Waals surface area contributed by atoms with Crippen LogP contribution in [0.4, 0.5) is 5.69 Å². The first-order valence-electron chi connectivity index (χ1n) is 12.3. The van der Waals surface area contributed by atoms with E-state index in [1.807, 2.05) is 13.8 Å². The summed E-state index contributed by atoms with van der Waals surface area (Å²) in [7, 11) is 0. The van der Waals surface area contributed by atoms with Crippen molar-refractivity contribution >= 4 is 5.69 Å². The van der Waals surface area contributed by atoms with Crippen molar-refractivity contribution in [1.29, 1.82) is 0 Å². The number of hydrogen-bond acceptors (Lipinski definition) is 4. The van der Waals surface area contributed by atoms with E-state index in [-0.39, 0.29) is 1.43 Å². The normalized spacial score (nSPS) is 20.1. The van der Waals surface area contributed by atoms with Crippen molar-refractivity contribution < 1.29 is 6.16 Å². The van der Waals surface area contributed by atoms with Gasteiger partial charge in [0, 0.05) is 26.8 Å². The summed E-state index contributed by atoms with van der Waals surface area (Å²) < 4.78 is 5.90. The van der Waals surface area contributed by atoms with Gasteiger partial charge in [0.2, 0.25) is 0 Å². The average Bonchev–Trinajstić information content (AvgIpc) is 3.31. The number of rotatable bonds is 4. The van der Waals surface area contributed by atoms with Gasteiger partial charge >= 0.3 is 0 Å². The summed E-state index contributed by atoms with van der Waals surface area (Å²) in [6.07, 6.45) is 8.02. The highest BCUT2D eigenvalue weighted by molar-refractivity contribution is 5.71. The van der Waals surface area contributed by atoms with Gasteiger partial charge in [-0.15, -0.1) is 0 Å². The SMILES string of the molecule is C=C1C(CCN)=C2CCCC2=C(N2CCCCCOCC2)N1c1ccccc1C.CC.[HH]. The third kappa shape index (κ3) is 5.07. The molecule has 0 radical (unpaired) electrons. The lowest BCUT2D eigenvalue weighted by molar-refractivity contribution is 0.118. The van der Waals surface area contributed by atoms with Gasteiger partial charge in [-0.1, -0.05) is 38.6 Å². The zero-order valence-corrected chi connectivity index (χ0v) is 19.9. The molecule has 0 aromatic heterocycles. The maximum absolute atomic E-state index is 6.01. The molecule has 4 rings (SSSR count). The second kappa shape index (κ2) is 11.5. The quantitative estimate of drug-likeness (QED) is 0.629. The molecule has 0 atom stereocenters. The zero-order valence-electron chi connectivity index (χ0n) is 19.9. The first kappa shape index (κ1) is 23.6. The van der Waals surface area contributed by atoms with Crippen molar-refractivity contribution in [1.82, 2.24) is 4.90 Å². The summed E-state index contributed by atoms with van der Waals surface area (Å²) in [6.45, 7) is 15.2. The van der Waals surface area contributed by atoms with Gasteiger partial charge in [0.15, 0.2) is 0 Å². The molecule has 1 saturated carbocycles. The van der Waals surface area contributed by atoms with E-state index in [2.05, 4.69) is 47.6 Å². The Morgan fingerprint density at radius 2 is 1.77 bits per heavy atom.